The van der Waals surface area contributed by atoms with Crippen molar-refractivity contribution in [1.82, 2.24) is 5.32 Å². The molecule has 1 N–H and O–H groups in total. The first kappa shape index (κ1) is 25.7. The molecule has 4 aromatic rings. The molecule has 0 spiro atoms. The van der Waals surface area contributed by atoms with E-state index in [0.29, 0.717) is 12.4 Å². The van der Waals surface area contributed by atoms with Gasteiger partial charge in [0.25, 0.3) is 0 Å². The van der Waals surface area contributed by atoms with Gasteiger partial charge in [0.05, 0.1) is 12.5 Å². The molecule has 188 valence electrons. The maximum Gasteiger partial charge on any atom is 0.328 e. The highest BCUT2D eigenvalue weighted by molar-refractivity contribution is 5.94. The summed E-state index contributed by atoms with van der Waals surface area (Å²) in [6.45, 7) is 2.31. The second-order valence-electron chi connectivity index (χ2n) is 9.03. The van der Waals surface area contributed by atoms with E-state index in [9.17, 15) is 9.59 Å². The van der Waals surface area contributed by atoms with Crippen molar-refractivity contribution in [2.45, 2.75) is 31.4 Å². The largest absolute Gasteiger partial charge is 0.489 e. The van der Waals surface area contributed by atoms with Crippen molar-refractivity contribution in [3.8, 4) is 5.75 Å². The third kappa shape index (κ3) is 6.25. The molecule has 0 bridgehead atoms. The average molecular weight is 494 g/mol. The van der Waals surface area contributed by atoms with Crippen LogP contribution in [0.4, 0.5) is 0 Å². The lowest BCUT2D eigenvalue weighted by Crippen LogP contribution is -2.51. The Bertz CT molecular complexity index is 1270. The number of nitrogens with one attached hydrogen (secondary N) is 1. The number of benzene rings is 4. The number of esters is 1. The number of carbonyl (C=O) groups is 2. The maximum absolute atomic E-state index is 13.9. The molecule has 0 aliphatic rings. The number of carbonyl (C=O) groups excluding carboxylic acids is 2. The van der Waals surface area contributed by atoms with Crippen LogP contribution in [0.15, 0.2) is 115 Å². The molecular weight excluding hydrogens is 462 g/mol. The Kier molecular flexibility index (Phi) is 8.37. The topological polar surface area (TPSA) is 64.6 Å². The van der Waals surface area contributed by atoms with E-state index in [2.05, 4.69) is 5.32 Å². The van der Waals surface area contributed by atoms with Gasteiger partial charge in [0.1, 0.15) is 18.4 Å². The minimum Gasteiger partial charge on any atom is -0.489 e. The molecule has 4 rings (SSSR count). The number of hydrogen-bond acceptors (Lipinski definition) is 4. The zero-order valence-electron chi connectivity index (χ0n) is 21.1. The van der Waals surface area contributed by atoms with Gasteiger partial charge in [-0.15, -0.1) is 0 Å². The van der Waals surface area contributed by atoms with Crippen molar-refractivity contribution < 1.29 is 19.1 Å². The number of rotatable bonds is 10. The summed E-state index contributed by atoms with van der Waals surface area (Å²) in [5.41, 5.74) is 2.57. The van der Waals surface area contributed by atoms with Crippen LogP contribution in [-0.2, 0) is 32.8 Å². The molecule has 4 aromatic carbocycles. The quantitative estimate of drug-likeness (QED) is 0.298. The molecule has 0 unspecified atom stereocenters. The van der Waals surface area contributed by atoms with Crippen LogP contribution in [0.5, 0.6) is 5.75 Å². The van der Waals surface area contributed by atoms with E-state index in [1.165, 1.54) is 7.11 Å². The van der Waals surface area contributed by atoms with Crippen LogP contribution in [0, 0.1) is 0 Å². The summed E-state index contributed by atoms with van der Waals surface area (Å²) >= 11 is 0. The zero-order chi connectivity index (χ0) is 26.1. The summed E-state index contributed by atoms with van der Waals surface area (Å²) in [6.07, 6.45) is 0.264. The Hall–Kier alpha value is -4.38. The van der Waals surface area contributed by atoms with E-state index in [-0.39, 0.29) is 12.3 Å². The van der Waals surface area contributed by atoms with Gasteiger partial charge in [-0.3, -0.25) is 4.79 Å². The van der Waals surface area contributed by atoms with E-state index in [0.717, 1.165) is 22.3 Å². The number of ether oxygens (including phenoxy) is 2. The molecule has 0 saturated heterocycles. The summed E-state index contributed by atoms with van der Waals surface area (Å²) in [6, 6.07) is 35.7. The predicted octanol–water partition coefficient (Wildman–Crippen LogP) is 5.47. The normalized spacial score (nSPS) is 11.8. The zero-order valence-corrected chi connectivity index (χ0v) is 21.1. The third-order valence-electron chi connectivity index (χ3n) is 6.53. The Labute approximate surface area is 218 Å². The summed E-state index contributed by atoms with van der Waals surface area (Å²) in [5, 5.41) is 2.98. The monoisotopic (exact) mass is 493 g/mol. The van der Waals surface area contributed by atoms with Crippen molar-refractivity contribution in [1.29, 1.82) is 0 Å². The van der Waals surface area contributed by atoms with Gasteiger partial charge < -0.3 is 14.8 Å². The standard InChI is InChI=1S/C32H31NO4/c1-32(26-16-8-4-9-17-26,27-18-10-5-11-19-27)31(35)33-29(30(34)36-2)22-25-15-12-20-28(21-25)37-23-24-13-6-3-7-14-24/h3-21,29H,22-23H2,1-2H3,(H,33,35)/t29-/m0/s1. The first-order valence-electron chi connectivity index (χ1n) is 12.3. The molecule has 0 saturated carbocycles. The minimum atomic E-state index is -1.00. The van der Waals surface area contributed by atoms with Gasteiger partial charge in [-0.25, -0.2) is 4.79 Å². The summed E-state index contributed by atoms with van der Waals surface area (Å²) in [7, 11) is 1.33. The van der Waals surface area contributed by atoms with Gasteiger partial charge in [0.2, 0.25) is 5.91 Å². The van der Waals surface area contributed by atoms with Gasteiger partial charge in [-0.1, -0.05) is 103 Å². The molecule has 5 nitrogen and oxygen atoms in total. The molecule has 0 aromatic heterocycles. The van der Waals surface area contributed by atoms with E-state index in [1.807, 2.05) is 122 Å². The second kappa shape index (κ2) is 12.0. The fraction of sp³-hybridized carbons (Fsp3) is 0.188. The summed E-state index contributed by atoms with van der Waals surface area (Å²) in [4.78, 5) is 26.6. The SMILES string of the molecule is COC(=O)[C@H](Cc1cccc(OCc2ccccc2)c1)NC(=O)C(C)(c1ccccc1)c1ccccc1. The smallest absolute Gasteiger partial charge is 0.328 e. The van der Waals surface area contributed by atoms with Gasteiger partial charge in [0.15, 0.2) is 0 Å². The van der Waals surface area contributed by atoms with Gasteiger partial charge in [0, 0.05) is 6.42 Å². The molecule has 5 heteroatoms. The lowest BCUT2D eigenvalue weighted by atomic mass is 9.75. The lowest BCUT2D eigenvalue weighted by Gasteiger charge is -2.31. The van der Waals surface area contributed by atoms with Gasteiger partial charge >= 0.3 is 5.97 Å². The van der Waals surface area contributed by atoms with Crippen LogP contribution in [0.2, 0.25) is 0 Å². The third-order valence-corrected chi connectivity index (χ3v) is 6.53. The van der Waals surface area contributed by atoms with Gasteiger partial charge in [-0.05, 0) is 41.3 Å². The van der Waals surface area contributed by atoms with Crippen molar-refractivity contribution >= 4 is 11.9 Å². The molecule has 0 radical (unpaired) electrons. The summed E-state index contributed by atoms with van der Waals surface area (Å²) < 4.78 is 11.0. The number of hydrogen-bond donors (Lipinski definition) is 1. The molecule has 0 aliphatic heterocycles. The van der Waals surface area contributed by atoms with Gasteiger partial charge in [-0.2, -0.15) is 0 Å². The van der Waals surface area contributed by atoms with Crippen LogP contribution in [0.3, 0.4) is 0 Å². The molecule has 0 fully saturated rings. The average Bonchev–Trinajstić information content (AvgIpc) is 2.96. The van der Waals surface area contributed by atoms with Crippen LogP contribution in [0.25, 0.3) is 0 Å². The summed E-state index contributed by atoms with van der Waals surface area (Å²) in [5.74, 6) is -0.0982. The predicted molar refractivity (Wildman–Crippen MR) is 144 cm³/mol. The molecule has 0 heterocycles. The van der Waals surface area contributed by atoms with Crippen molar-refractivity contribution in [2.75, 3.05) is 7.11 Å². The van der Waals surface area contributed by atoms with E-state index in [1.54, 1.807) is 0 Å². The Morgan fingerprint density at radius 3 is 1.86 bits per heavy atom. The Balaban J connectivity index is 1.55. The maximum atomic E-state index is 13.9. The molecule has 0 aliphatic carbocycles. The molecular formula is C32H31NO4. The van der Waals surface area contributed by atoms with Crippen LogP contribution in [-0.4, -0.2) is 25.0 Å². The highest BCUT2D eigenvalue weighted by atomic mass is 16.5. The van der Waals surface area contributed by atoms with E-state index >= 15 is 0 Å². The second-order valence-corrected chi connectivity index (χ2v) is 9.03. The van der Waals surface area contributed by atoms with E-state index in [4.69, 9.17) is 9.47 Å². The fourth-order valence-corrected chi connectivity index (χ4v) is 4.35. The molecule has 1 amide bonds. The van der Waals surface area contributed by atoms with Crippen molar-refractivity contribution in [3.63, 3.8) is 0 Å². The first-order valence-corrected chi connectivity index (χ1v) is 12.3. The van der Waals surface area contributed by atoms with Crippen LogP contribution >= 0.6 is 0 Å². The Morgan fingerprint density at radius 2 is 1.30 bits per heavy atom. The lowest BCUT2D eigenvalue weighted by molar-refractivity contribution is -0.145. The Morgan fingerprint density at radius 1 is 0.757 bits per heavy atom. The minimum absolute atomic E-state index is 0.264. The molecule has 1 atom stereocenters. The van der Waals surface area contributed by atoms with Crippen molar-refractivity contribution in [3.05, 3.63) is 138 Å². The highest BCUT2D eigenvalue weighted by Crippen LogP contribution is 2.32. The van der Waals surface area contributed by atoms with Crippen LogP contribution in [0.1, 0.15) is 29.2 Å². The van der Waals surface area contributed by atoms with Crippen LogP contribution < -0.4 is 10.1 Å². The number of amides is 1. The number of methoxy groups -OCH3 is 1. The molecule has 37 heavy (non-hydrogen) atoms. The highest BCUT2D eigenvalue weighted by Gasteiger charge is 2.39. The fourth-order valence-electron chi connectivity index (χ4n) is 4.35. The first-order chi connectivity index (χ1) is 18.0. The van der Waals surface area contributed by atoms with Crippen molar-refractivity contribution in [2.24, 2.45) is 0 Å². The van der Waals surface area contributed by atoms with E-state index < -0.39 is 17.4 Å².